The maximum Gasteiger partial charge on any atom is 0.265 e. The second-order valence-corrected chi connectivity index (χ2v) is 6.30. The van der Waals surface area contributed by atoms with Crippen molar-refractivity contribution in [1.29, 1.82) is 0 Å². The van der Waals surface area contributed by atoms with Crippen LogP contribution in [0.1, 0.15) is 16.1 Å². The van der Waals surface area contributed by atoms with E-state index < -0.39 is 0 Å². The SMILES string of the molecule is COc1cc(-c2ccccc2)sc1C(=O)NCCCn1cccn1. The molecule has 0 unspecified atom stereocenters. The first kappa shape index (κ1) is 16.3. The molecule has 0 saturated carbocycles. The molecular weight excluding hydrogens is 322 g/mol. The average molecular weight is 341 g/mol. The number of nitrogens with one attached hydrogen (secondary N) is 1. The van der Waals surface area contributed by atoms with Crippen molar-refractivity contribution in [2.75, 3.05) is 13.7 Å². The second-order valence-electron chi connectivity index (χ2n) is 5.25. The summed E-state index contributed by atoms with van der Waals surface area (Å²) < 4.78 is 7.22. The summed E-state index contributed by atoms with van der Waals surface area (Å²) in [4.78, 5) is 14.1. The molecule has 2 aromatic heterocycles. The van der Waals surface area contributed by atoms with Crippen LogP contribution in [0.4, 0.5) is 0 Å². The third-order valence-corrected chi connectivity index (χ3v) is 4.76. The molecule has 0 radical (unpaired) electrons. The van der Waals surface area contributed by atoms with Gasteiger partial charge >= 0.3 is 0 Å². The minimum Gasteiger partial charge on any atom is -0.495 e. The molecule has 0 aliphatic rings. The molecule has 1 aromatic carbocycles. The smallest absolute Gasteiger partial charge is 0.265 e. The standard InChI is InChI=1S/C18H19N3O2S/c1-23-15-13-16(14-7-3-2-4-8-14)24-17(15)18(22)19-9-5-11-21-12-6-10-20-21/h2-4,6-8,10,12-13H,5,9,11H2,1H3,(H,19,22). The number of nitrogens with zero attached hydrogens (tertiary/aromatic N) is 2. The van der Waals surface area contributed by atoms with Gasteiger partial charge in [0.05, 0.1) is 7.11 Å². The van der Waals surface area contributed by atoms with Crippen molar-refractivity contribution >= 4 is 17.2 Å². The summed E-state index contributed by atoms with van der Waals surface area (Å²) in [7, 11) is 1.59. The van der Waals surface area contributed by atoms with E-state index in [4.69, 9.17) is 4.74 Å². The van der Waals surface area contributed by atoms with Crippen molar-refractivity contribution in [3.63, 3.8) is 0 Å². The first-order valence-electron chi connectivity index (χ1n) is 7.77. The summed E-state index contributed by atoms with van der Waals surface area (Å²) in [6.07, 6.45) is 4.49. The van der Waals surface area contributed by atoms with Gasteiger partial charge in [-0.3, -0.25) is 9.48 Å². The minimum absolute atomic E-state index is 0.0977. The monoisotopic (exact) mass is 341 g/mol. The molecule has 6 heteroatoms. The molecule has 0 fully saturated rings. The first-order valence-corrected chi connectivity index (χ1v) is 8.58. The number of ether oxygens (including phenoxy) is 1. The normalized spacial score (nSPS) is 10.5. The Kier molecular flexibility index (Phi) is 5.28. The lowest BCUT2D eigenvalue weighted by Gasteiger charge is -2.05. The third kappa shape index (κ3) is 3.83. The number of carbonyl (C=O) groups is 1. The summed E-state index contributed by atoms with van der Waals surface area (Å²) >= 11 is 1.45. The Balaban J connectivity index is 1.62. The molecule has 124 valence electrons. The average Bonchev–Trinajstić information content (AvgIpc) is 3.28. The molecule has 0 bridgehead atoms. The highest BCUT2D eigenvalue weighted by Gasteiger charge is 2.17. The lowest BCUT2D eigenvalue weighted by molar-refractivity contribution is 0.0954. The Morgan fingerprint density at radius 1 is 1.29 bits per heavy atom. The molecule has 3 aromatic rings. The largest absolute Gasteiger partial charge is 0.495 e. The van der Waals surface area contributed by atoms with Gasteiger partial charge < -0.3 is 10.1 Å². The van der Waals surface area contributed by atoms with Crippen LogP contribution in [0.5, 0.6) is 5.75 Å². The van der Waals surface area contributed by atoms with Gasteiger partial charge in [0.2, 0.25) is 0 Å². The van der Waals surface area contributed by atoms with Crippen LogP contribution in [-0.4, -0.2) is 29.3 Å². The predicted molar refractivity (Wildman–Crippen MR) is 95.5 cm³/mol. The first-order chi connectivity index (χ1) is 11.8. The van der Waals surface area contributed by atoms with E-state index in [0.29, 0.717) is 17.2 Å². The Hall–Kier alpha value is -2.60. The van der Waals surface area contributed by atoms with Crippen LogP contribution < -0.4 is 10.1 Å². The minimum atomic E-state index is -0.0977. The van der Waals surface area contributed by atoms with E-state index in [1.807, 2.05) is 53.3 Å². The summed E-state index contributed by atoms with van der Waals surface area (Å²) in [5.41, 5.74) is 1.08. The molecule has 1 amide bonds. The molecule has 0 spiro atoms. The Labute approximate surface area is 144 Å². The summed E-state index contributed by atoms with van der Waals surface area (Å²) in [6.45, 7) is 1.38. The van der Waals surface area contributed by atoms with Crippen molar-refractivity contribution in [3.05, 3.63) is 59.7 Å². The fourth-order valence-corrected chi connectivity index (χ4v) is 3.43. The van der Waals surface area contributed by atoms with Crippen molar-refractivity contribution < 1.29 is 9.53 Å². The third-order valence-electron chi connectivity index (χ3n) is 3.59. The van der Waals surface area contributed by atoms with Crippen LogP contribution in [0.3, 0.4) is 0 Å². The zero-order chi connectivity index (χ0) is 16.8. The Morgan fingerprint density at radius 2 is 2.12 bits per heavy atom. The fourth-order valence-electron chi connectivity index (χ4n) is 2.38. The molecule has 5 nitrogen and oxygen atoms in total. The highest BCUT2D eigenvalue weighted by atomic mass is 32.1. The van der Waals surface area contributed by atoms with Gasteiger partial charge in [-0.1, -0.05) is 30.3 Å². The van der Waals surface area contributed by atoms with E-state index in [2.05, 4.69) is 10.4 Å². The molecule has 0 aliphatic carbocycles. The van der Waals surface area contributed by atoms with Gasteiger partial charge in [-0.2, -0.15) is 5.10 Å². The molecular formula is C18H19N3O2S. The molecule has 0 atom stereocenters. The van der Waals surface area contributed by atoms with Gasteiger partial charge in [0.15, 0.2) is 0 Å². The molecule has 2 heterocycles. The number of methoxy groups -OCH3 is 1. The number of aromatic nitrogens is 2. The second kappa shape index (κ2) is 7.79. The van der Waals surface area contributed by atoms with Crippen LogP contribution in [0.2, 0.25) is 0 Å². The predicted octanol–water partition coefficient (Wildman–Crippen LogP) is 3.44. The van der Waals surface area contributed by atoms with Crippen molar-refractivity contribution in [1.82, 2.24) is 15.1 Å². The number of amides is 1. The number of hydrogen-bond donors (Lipinski definition) is 1. The maximum absolute atomic E-state index is 12.4. The van der Waals surface area contributed by atoms with E-state index in [1.54, 1.807) is 13.3 Å². The van der Waals surface area contributed by atoms with Crippen LogP contribution in [0.25, 0.3) is 10.4 Å². The Bertz CT molecular complexity index is 782. The fraction of sp³-hybridized carbons (Fsp3) is 0.222. The highest BCUT2D eigenvalue weighted by molar-refractivity contribution is 7.17. The van der Waals surface area contributed by atoms with Gasteiger partial charge in [0.1, 0.15) is 10.6 Å². The molecule has 24 heavy (non-hydrogen) atoms. The lowest BCUT2D eigenvalue weighted by Crippen LogP contribution is -2.24. The van der Waals surface area contributed by atoms with Crippen LogP contribution in [0, 0.1) is 0 Å². The number of benzene rings is 1. The maximum atomic E-state index is 12.4. The van der Waals surface area contributed by atoms with Gasteiger partial charge in [-0.15, -0.1) is 11.3 Å². The number of rotatable bonds is 7. The zero-order valence-corrected chi connectivity index (χ0v) is 14.3. The molecule has 1 N–H and O–H groups in total. The molecule has 3 rings (SSSR count). The van der Waals surface area contributed by atoms with Crippen molar-refractivity contribution in [2.45, 2.75) is 13.0 Å². The van der Waals surface area contributed by atoms with Crippen LogP contribution in [0.15, 0.2) is 54.9 Å². The number of thiophene rings is 1. The number of hydrogen-bond acceptors (Lipinski definition) is 4. The number of carbonyl (C=O) groups excluding carboxylic acids is 1. The van der Waals surface area contributed by atoms with Gasteiger partial charge in [-0.25, -0.2) is 0 Å². The van der Waals surface area contributed by atoms with Crippen LogP contribution in [-0.2, 0) is 6.54 Å². The van der Waals surface area contributed by atoms with Crippen molar-refractivity contribution in [3.8, 4) is 16.2 Å². The van der Waals surface area contributed by atoms with E-state index in [0.717, 1.165) is 23.4 Å². The number of aryl methyl sites for hydroxylation is 1. The molecule has 0 aliphatic heterocycles. The molecule has 0 saturated heterocycles. The quantitative estimate of drug-likeness (QED) is 0.670. The summed E-state index contributed by atoms with van der Waals surface area (Å²) in [5.74, 6) is 0.517. The lowest BCUT2D eigenvalue weighted by atomic mass is 10.2. The topological polar surface area (TPSA) is 56.1 Å². The van der Waals surface area contributed by atoms with Gasteiger partial charge in [0, 0.05) is 30.4 Å². The van der Waals surface area contributed by atoms with E-state index in [9.17, 15) is 4.79 Å². The highest BCUT2D eigenvalue weighted by Crippen LogP contribution is 2.36. The summed E-state index contributed by atoms with van der Waals surface area (Å²) in [5, 5.41) is 7.09. The van der Waals surface area contributed by atoms with E-state index >= 15 is 0 Å². The summed E-state index contributed by atoms with van der Waals surface area (Å²) in [6, 6.07) is 13.8. The van der Waals surface area contributed by atoms with E-state index in [-0.39, 0.29) is 5.91 Å². The van der Waals surface area contributed by atoms with Gasteiger partial charge in [0.25, 0.3) is 5.91 Å². The Morgan fingerprint density at radius 3 is 2.83 bits per heavy atom. The zero-order valence-electron chi connectivity index (χ0n) is 13.4. The van der Waals surface area contributed by atoms with Gasteiger partial charge in [-0.05, 0) is 24.1 Å². The van der Waals surface area contributed by atoms with Crippen molar-refractivity contribution in [2.24, 2.45) is 0 Å². The van der Waals surface area contributed by atoms with Crippen LogP contribution >= 0.6 is 11.3 Å². The van der Waals surface area contributed by atoms with E-state index in [1.165, 1.54) is 11.3 Å².